The Morgan fingerprint density at radius 2 is 2.45 bits per heavy atom. The third-order valence-corrected chi connectivity index (χ3v) is 2.73. The predicted molar refractivity (Wildman–Crippen MR) is 42.7 cm³/mol. The van der Waals surface area contributed by atoms with Gasteiger partial charge >= 0.3 is 0 Å². The molecule has 0 aromatic heterocycles. The molecule has 1 fully saturated rings. The molecule has 1 saturated carbocycles. The fraction of sp³-hybridized carbons (Fsp3) is 0.889. The number of hydrogen-bond donors (Lipinski definition) is 1. The van der Waals surface area contributed by atoms with Gasteiger partial charge in [-0.05, 0) is 26.2 Å². The van der Waals surface area contributed by atoms with Crippen LogP contribution in [0.3, 0.4) is 0 Å². The van der Waals surface area contributed by atoms with E-state index in [0.29, 0.717) is 12.8 Å². The van der Waals surface area contributed by atoms with E-state index in [-0.39, 0.29) is 5.92 Å². The molecular weight excluding hydrogens is 138 g/mol. The highest BCUT2D eigenvalue weighted by Crippen LogP contribution is 2.36. The summed E-state index contributed by atoms with van der Waals surface area (Å²) in [4.78, 5) is 0. The molecule has 0 amide bonds. The maximum absolute atomic E-state index is 9.84. The van der Waals surface area contributed by atoms with Crippen molar-refractivity contribution < 1.29 is 6.48 Å². The number of nitriles is 1. The van der Waals surface area contributed by atoms with Gasteiger partial charge in [-0.1, -0.05) is 6.92 Å². The highest BCUT2D eigenvalue weighted by atomic mass is 16.3. The van der Waals surface area contributed by atoms with E-state index in [9.17, 15) is 5.11 Å². The minimum atomic E-state index is -1.08. The Morgan fingerprint density at radius 1 is 1.82 bits per heavy atom. The molecule has 11 heavy (non-hydrogen) atoms. The minimum absolute atomic E-state index is 0.260. The highest BCUT2D eigenvalue weighted by Gasteiger charge is 2.37. The van der Waals surface area contributed by atoms with Gasteiger partial charge in [0.25, 0.3) is 0 Å². The summed E-state index contributed by atoms with van der Waals surface area (Å²) in [5, 5.41) is 18.6. The van der Waals surface area contributed by atoms with Gasteiger partial charge in [0.1, 0.15) is 0 Å². The lowest BCUT2D eigenvalue weighted by atomic mass is 9.71. The number of nitrogens with zero attached hydrogens (tertiary/aromatic N) is 1. The second-order valence-electron chi connectivity index (χ2n) is 3.57. The van der Waals surface area contributed by atoms with E-state index in [1.54, 1.807) is 13.8 Å². The van der Waals surface area contributed by atoms with Crippen LogP contribution >= 0.6 is 0 Å². The summed E-state index contributed by atoms with van der Waals surface area (Å²) < 4.78 is 7.81. The number of aliphatic hydroxyl groups is 1. The third-order valence-electron chi connectivity index (χ3n) is 2.73. The van der Waals surface area contributed by atoms with E-state index >= 15 is 0 Å². The quantitative estimate of drug-likeness (QED) is 0.577. The zero-order valence-electron chi connectivity index (χ0n) is 8.09. The zero-order chi connectivity index (χ0) is 9.41. The van der Waals surface area contributed by atoms with Crippen LogP contribution in [0.15, 0.2) is 0 Å². The Kier molecular flexibility index (Phi) is 1.83. The molecule has 1 aliphatic rings. The van der Waals surface area contributed by atoms with Crippen molar-refractivity contribution in [2.45, 2.75) is 38.7 Å². The van der Waals surface area contributed by atoms with E-state index < -0.39 is 11.5 Å². The van der Waals surface area contributed by atoms with Crippen LogP contribution < -0.4 is 0 Å². The molecule has 62 valence electrons. The van der Waals surface area contributed by atoms with Crippen molar-refractivity contribution in [3.05, 3.63) is 0 Å². The van der Waals surface area contributed by atoms with Crippen LogP contribution in [-0.4, -0.2) is 10.7 Å². The predicted octanol–water partition coefficient (Wildman–Crippen LogP) is 1.70. The number of rotatable bonds is 0. The van der Waals surface area contributed by atoms with Crippen LogP contribution in [0.5, 0.6) is 0 Å². The summed E-state index contributed by atoms with van der Waals surface area (Å²) in [5.74, 6) is -1.34. The zero-order valence-corrected chi connectivity index (χ0v) is 7.09. The van der Waals surface area contributed by atoms with Crippen LogP contribution in [0.4, 0.5) is 0 Å². The highest BCUT2D eigenvalue weighted by molar-refractivity contribution is 4.97. The summed E-state index contributed by atoms with van der Waals surface area (Å²) in [5.41, 5.74) is -0.838. The molecule has 2 nitrogen and oxygen atoms in total. The summed E-state index contributed by atoms with van der Waals surface area (Å²) in [6.07, 6.45) is 2.06. The molecule has 2 heteroatoms. The van der Waals surface area contributed by atoms with Crippen molar-refractivity contribution >= 4 is 0 Å². The summed E-state index contributed by atoms with van der Waals surface area (Å²) >= 11 is 0. The standard InChI is InChI=1S/C9H15NO/c1-7-8(6-10)4-3-5-9(7,2)11/h7-8,11H,3-5H2,1-2H3/t7-,8-,9+/m1/s1/i8D. The van der Waals surface area contributed by atoms with Gasteiger partial charge in [0.05, 0.1) is 17.6 Å². The average Bonchev–Trinajstić information content (AvgIpc) is 2.00. The van der Waals surface area contributed by atoms with E-state index in [1.807, 2.05) is 6.07 Å². The third kappa shape index (κ3) is 1.54. The van der Waals surface area contributed by atoms with Crippen molar-refractivity contribution in [1.82, 2.24) is 0 Å². The normalized spacial score (nSPS) is 52.9. The monoisotopic (exact) mass is 154 g/mol. The molecule has 0 unspecified atom stereocenters. The molecule has 1 N–H and O–H groups in total. The maximum Gasteiger partial charge on any atom is 0.0659 e. The molecule has 0 saturated heterocycles. The SMILES string of the molecule is [2H][C@]1(C#N)CCC[C@](C)(O)[C@@H]1C. The van der Waals surface area contributed by atoms with Gasteiger partial charge in [0, 0.05) is 7.29 Å². The van der Waals surface area contributed by atoms with E-state index in [4.69, 9.17) is 6.63 Å². The van der Waals surface area contributed by atoms with Gasteiger partial charge < -0.3 is 5.11 Å². The first-order valence-electron chi connectivity index (χ1n) is 4.56. The topological polar surface area (TPSA) is 44.0 Å². The van der Waals surface area contributed by atoms with Crippen LogP contribution in [0.2, 0.25) is 0 Å². The van der Waals surface area contributed by atoms with Crippen LogP contribution in [0.25, 0.3) is 0 Å². The van der Waals surface area contributed by atoms with Gasteiger partial charge in [0.15, 0.2) is 0 Å². The van der Waals surface area contributed by atoms with Crippen molar-refractivity contribution in [3.8, 4) is 6.07 Å². The minimum Gasteiger partial charge on any atom is -0.390 e. The van der Waals surface area contributed by atoms with Gasteiger partial charge in [-0.15, -0.1) is 0 Å². The van der Waals surface area contributed by atoms with Crippen molar-refractivity contribution in [2.75, 3.05) is 0 Å². The fourth-order valence-corrected chi connectivity index (χ4v) is 1.60. The van der Waals surface area contributed by atoms with E-state index in [1.165, 1.54) is 0 Å². The van der Waals surface area contributed by atoms with Crippen LogP contribution in [0.1, 0.15) is 34.5 Å². The first kappa shape index (κ1) is 7.12. The molecule has 1 aliphatic carbocycles. The first-order chi connectivity index (χ1) is 5.42. The van der Waals surface area contributed by atoms with Gasteiger partial charge in [0.2, 0.25) is 0 Å². The molecule has 0 heterocycles. The Balaban J connectivity index is 2.89. The first-order valence-corrected chi connectivity index (χ1v) is 4.06. The fourth-order valence-electron chi connectivity index (χ4n) is 1.60. The van der Waals surface area contributed by atoms with Gasteiger partial charge in [-0.25, -0.2) is 0 Å². The molecule has 0 aromatic carbocycles. The Morgan fingerprint density at radius 3 is 2.91 bits per heavy atom. The van der Waals surface area contributed by atoms with Gasteiger partial charge in [-0.3, -0.25) is 0 Å². The largest absolute Gasteiger partial charge is 0.390 e. The molecular formula is C9H15NO. The van der Waals surface area contributed by atoms with Crippen LogP contribution in [0, 0.1) is 23.1 Å². The van der Waals surface area contributed by atoms with E-state index in [2.05, 4.69) is 0 Å². The van der Waals surface area contributed by atoms with Crippen molar-refractivity contribution in [3.63, 3.8) is 0 Å². The molecule has 0 spiro atoms. The van der Waals surface area contributed by atoms with Gasteiger partial charge in [-0.2, -0.15) is 5.26 Å². The smallest absolute Gasteiger partial charge is 0.0659 e. The second kappa shape index (κ2) is 2.83. The molecule has 0 aliphatic heterocycles. The van der Waals surface area contributed by atoms with Crippen LogP contribution in [-0.2, 0) is 0 Å². The Hall–Kier alpha value is -0.550. The second-order valence-corrected chi connectivity index (χ2v) is 3.57. The maximum atomic E-state index is 9.84. The Labute approximate surface area is 69.2 Å². The van der Waals surface area contributed by atoms with E-state index in [0.717, 1.165) is 6.42 Å². The lowest BCUT2D eigenvalue weighted by molar-refractivity contribution is -0.0393. The molecule has 3 atom stereocenters. The molecule has 0 aromatic rings. The summed E-state index contributed by atoms with van der Waals surface area (Å²) in [6, 6.07) is 1.99. The number of hydrogen-bond acceptors (Lipinski definition) is 2. The molecule has 0 radical (unpaired) electrons. The lowest BCUT2D eigenvalue weighted by Gasteiger charge is -2.37. The summed E-state index contributed by atoms with van der Waals surface area (Å²) in [6.45, 7) is 3.51. The van der Waals surface area contributed by atoms with Crippen molar-refractivity contribution in [1.29, 1.82) is 5.26 Å². The Bertz CT molecular complexity index is 221. The summed E-state index contributed by atoms with van der Waals surface area (Å²) in [7, 11) is 0. The average molecular weight is 154 g/mol. The molecule has 0 bridgehead atoms. The lowest BCUT2D eigenvalue weighted by Crippen LogP contribution is -2.40. The molecule has 1 rings (SSSR count). The van der Waals surface area contributed by atoms with Crippen molar-refractivity contribution in [2.24, 2.45) is 11.8 Å².